The summed E-state index contributed by atoms with van der Waals surface area (Å²) in [5.41, 5.74) is 4.40. The largest absolute Gasteiger partial charge is 0.760 e. The van der Waals surface area contributed by atoms with E-state index in [1.165, 1.54) is 0 Å². The van der Waals surface area contributed by atoms with Gasteiger partial charge in [-0.3, -0.25) is 9.19 Å². The Balaban J connectivity index is 1.53. The lowest BCUT2D eigenvalue weighted by Crippen LogP contribution is -2.15. The topological polar surface area (TPSA) is 121 Å². The third-order valence-electron chi connectivity index (χ3n) is 5.02. The third-order valence-corrected chi connectivity index (χ3v) is 5.40. The minimum atomic E-state index is -2.26. The van der Waals surface area contributed by atoms with E-state index in [-0.39, 0.29) is 12.6 Å². The van der Waals surface area contributed by atoms with E-state index in [0.717, 1.165) is 34.3 Å². The molecule has 0 spiro atoms. The van der Waals surface area contributed by atoms with Gasteiger partial charge in [0.2, 0.25) is 0 Å². The van der Waals surface area contributed by atoms with E-state index < -0.39 is 11.3 Å². The molecule has 32 heavy (non-hydrogen) atoms. The molecule has 0 aliphatic rings. The van der Waals surface area contributed by atoms with Crippen molar-refractivity contribution in [3.63, 3.8) is 0 Å². The third kappa shape index (κ3) is 5.16. The molecule has 1 atom stereocenters. The first-order valence-electron chi connectivity index (χ1n) is 10.3. The van der Waals surface area contributed by atoms with Crippen LogP contribution in [-0.2, 0) is 24.2 Å². The van der Waals surface area contributed by atoms with Crippen LogP contribution in [0.1, 0.15) is 31.0 Å². The number of benzene rings is 1. The van der Waals surface area contributed by atoms with Crippen LogP contribution in [0, 0.1) is 0 Å². The zero-order valence-corrected chi connectivity index (χ0v) is 18.7. The lowest BCUT2D eigenvalue weighted by molar-refractivity contribution is 0.522. The quantitative estimate of drug-likeness (QED) is 0.376. The molecular weight excluding hydrogens is 426 g/mol. The van der Waals surface area contributed by atoms with Gasteiger partial charge in [0.25, 0.3) is 0 Å². The summed E-state index contributed by atoms with van der Waals surface area (Å²) < 4.78 is 25.6. The van der Waals surface area contributed by atoms with E-state index in [9.17, 15) is 8.76 Å². The average molecular weight is 451 g/mol. The fourth-order valence-corrected chi connectivity index (χ4v) is 3.62. The van der Waals surface area contributed by atoms with Gasteiger partial charge in [0.1, 0.15) is 5.52 Å². The van der Waals surface area contributed by atoms with Gasteiger partial charge in [0.05, 0.1) is 6.33 Å². The number of fused-ring (bicyclic) bond motifs is 1. The fourth-order valence-electron chi connectivity index (χ4n) is 3.33. The van der Waals surface area contributed by atoms with Gasteiger partial charge in [0, 0.05) is 48.4 Å². The van der Waals surface area contributed by atoms with Crippen molar-refractivity contribution in [1.29, 1.82) is 0 Å². The Hall–Kier alpha value is -3.21. The molecule has 2 N–H and O–H groups in total. The molecule has 0 aliphatic heterocycles. The second-order valence-corrected chi connectivity index (χ2v) is 8.36. The van der Waals surface area contributed by atoms with Crippen LogP contribution in [0.25, 0.3) is 22.6 Å². The summed E-state index contributed by atoms with van der Waals surface area (Å²) >= 11 is -2.26. The van der Waals surface area contributed by atoms with Crippen molar-refractivity contribution in [3.05, 3.63) is 66.2 Å². The van der Waals surface area contributed by atoms with Crippen LogP contribution in [-0.4, -0.2) is 39.8 Å². The molecule has 1 unspecified atom stereocenters. The van der Waals surface area contributed by atoms with Crippen molar-refractivity contribution in [2.24, 2.45) is 0 Å². The van der Waals surface area contributed by atoms with E-state index >= 15 is 0 Å². The molecule has 166 valence electrons. The van der Waals surface area contributed by atoms with Crippen LogP contribution >= 0.6 is 0 Å². The van der Waals surface area contributed by atoms with Crippen LogP contribution in [0.15, 0.2) is 55.1 Å². The zero-order chi connectivity index (χ0) is 22.5. The van der Waals surface area contributed by atoms with Crippen LogP contribution in [0.3, 0.4) is 0 Å². The molecule has 0 radical (unpaired) electrons. The molecule has 1 aromatic carbocycles. The predicted molar refractivity (Wildman–Crippen MR) is 123 cm³/mol. The van der Waals surface area contributed by atoms with Gasteiger partial charge in [-0.15, -0.1) is 0 Å². The lowest BCUT2D eigenvalue weighted by atomic mass is 10.1. The average Bonchev–Trinajstić information content (AvgIpc) is 3.24. The molecule has 0 fully saturated rings. The Morgan fingerprint density at radius 2 is 1.91 bits per heavy atom. The Bertz CT molecular complexity index is 1210. The van der Waals surface area contributed by atoms with Crippen LogP contribution in [0.2, 0.25) is 0 Å². The zero-order valence-electron chi connectivity index (χ0n) is 17.9. The lowest BCUT2D eigenvalue weighted by Gasteiger charge is -2.11. The minimum Gasteiger partial charge on any atom is -0.760 e. The molecule has 4 rings (SSSR count). The summed E-state index contributed by atoms with van der Waals surface area (Å²) in [6, 6.07) is 11.9. The van der Waals surface area contributed by atoms with E-state index in [0.29, 0.717) is 18.2 Å². The SMILES string of the molecule is CC(C)n1cnc2c(NCCc3ccc(CNS(=O)[O-])cc3)nc(-c3cccnc3)nc21. The van der Waals surface area contributed by atoms with Gasteiger partial charge >= 0.3 is 0 Å². The number of anilines is 1. The van der Waals surface area contributed by atoms with Crippen molar-refractivity contribution < 1.29 is 8.76 Å². The highest BCUT2D eigenvalue weighted by molar-refractivity contribution is 7.77. The van der Waals surface area contributed by atoms with Crippen LogP contribution in [0.4, 0.5) is 5.82 Å². The monoisotopic (exact) mass is 450 g/mol. The smallest absolute Gasteiger partial charge is 0.166 e. The molecule has 9 nitrogen and oxygen atoms in total. The van der Waals surface area contributed by atoms with Gasteiger partial charge in [0.15, 0.2) is 17.3 Å². The first-order chi connectivity index (χ1) is 15.5. The Labute approximate surface area is 188 Å². The van der Waals surface area contributed by atoms with E-state index in [1.54, 1.807) is 18.7 Å². The first-order valence-corrected chi connectivity index (χ1v) is 11.4. The molecule has 3 aromatic heterocycles. The van der Waals surface area contributed by atoms with Gasteiger partial charge in [-0.1, -0.05) is 24.3 Å². The maximum atomic E-state index is 10.6. The highest BCUT2D eigenvalue weighted by Gasteiger charge is 2.15. The van der Waals surface area contributed by atoms with E-state index in [2.05, 4.69) is 33.9 Å². The highest BCUT2D eigenvalue weighted by Crippen LogP contribution is 2.25. The fraction of sp³-hybridized carbons (Fsp3) is 0.273. The van der Waals surface area contributed by atoms with Crippen LogP contribution < -0.4 is 10.0 Å². The number of rotatable bonds is 9. The number of aromatic nitrogens is 5. The molecule has 0 bridgehead atoms. The van der Waals surface area contributed by atoms with Crippen molar-refractivity contribution in [1.82, 2.24) is 29.2 Å². The second kappa shape index (κ2) is 9.94. The van der Waals surface area contributed by atoms with E-state index in [1.807, 2.05) is 41.0 Å². The Morgan fingerprint density at radius 3 is 2.59 bits per heavy atom. The summed E-state index contributed by atoms with van der Waals surface area (Å²) in [5, 5.41) is 3.41. The van der Waals surface area contributed by atoms with Crippen molar-refractivity contribution in [3.8, 4) is 11.4 Å². The molecule has 0 aliphatic carbocycles. The molecule has 3 heterocycles. The second-order valence-electron chi connectivity index (χ2n) is 7.60. The predicted octanol–water partition coefficient (Wildman–Crippen LogP) is 3.01. The number of imidazole rings is 1. The van der Waals surface area contributed by atoms with Crippen molar-refractivity contribution >= 4 is 28.2 Å². The van der Waals surface area contributed by atoms with E-state index in [4.69, 9.17) is 9.97 Å². The minimum absolute atomic E-state index is 0.219. The van der Waals surface area contributed by atoms with Crippen LogP contribution in [0.5, 0.6) is 0 Å². The molecule has 4 aromatic rings. The number of nitrogens with zero attached hydrogens (tertiary/aromatic N) is 5. The Morgan fingerprint density at radius 1 is 1.12 bits per heavy atom. The normalized spacial score (nSPS) is 12.4. The Kier molecular flexibility index (Phi) is 6.84. The van der Waals surface area contributed by atoms with Gasteiger partial charge in [-0.2, -0.15) is 0 Å². The summed E-state index contributed by atoms with van der Waals surface area (Å²) in [6.45, 7) is 5.13. The van der Waals surface area contributed by atoms with Gasteiger partial charge in [-0.05, 0) is 43.5 Å². The summed E-state index contributed by atoms with van der Waals surface area (Å²) in [6.07, 6.45) is 6.05. The molecule has 0 amide bonds. The van der Waals surface area contributed by atoms with Crippen molar-refractivity contribution in [2.75, 3.05) is 11.9 Å². The first kappa shape index (κ1) is 22.0. The number of pyridine rings is 1. The summed E-state index contributed by atoms with van der Waals surface area (Å²) in [5.74, 6) is 1.29. The summed E-state index contributed by atoms with van der Waals surface area (Å²) in [4.78, 5) is 18.2. The molecular formula is C22H24N7O2S-. The molecule has 10 heteroatoms. The summed E-state index contributed by atoms with van der Waals surface area (Å²) in [7, 11) is 0. The van der Waals surface area contributed by atoms with Crippen molar-refractivity contribution in [2.45, 2.75) is 32.9 Å². The molecule has 0 saturated heterocycles. The van der Waals surface area contributed by atoms with Gasteiger partial charge < -0.3 is 14.4 Å². The number of hydrogen-bond donors (Lipinski definition) is 2. The standard InChI is InChI=1S/C22H25N7O2S/c1-15(2)29-14-25-19-21(27-20(28-22(19)29)18-4-3-10-23-13-18)24-11-9-16-5-7-17(8-6-16)12-26-32(30)31/h3-8,10,13-15,26H,9,11-12H2,1-2H3,(H,30,31)(H,24,27,28)/p-1. The number of nitrogens with one attached hydrogen (secondary N) is 2. The maximum Gasteiger partial charge on any atom is 0.166 e. The number of hydrogen-bond acceptors (Lipinski definition) is 7. The molecule has 0 saturated carbocycles. The highest BCUT2D eigenvalue weighted by atomic mass is 32.2. The maximum absolute atomic E-state index is 10.6. The van der Waals surface area contributed by atoms with Gasteiger partial charge in [-0.25, -0.2) is 19.7 Å².